The van der Waals surface area contributed by atoms with E-state index >= 15 is 0 Å². The maximum atomic E-state index is 10.6. The topological polar surface area (TPSA) is 72.5 Å². The standard InChI is InChI=1S/C7H9NO3S/c1-3-4(6(9)10)5(8)12-7(3)11-2/h8H2,1-2H3,(H,9,10). The first-order valence-corrected chi connectivity index (χ1v) is 4.05. The quantitative estimate of drug-likeness (QED) is 0.732. The van der Waals surface area contributed by atoms with Gasteiger partial charge in [0.1, 0.15) is 10.6 Å². The largest absolute Gasteiger partial charge is 0.487 e. The molecule has 0 bridgehead atoms. The Balaban J connectivity index is 3.28. The van der Waals surface area contributed by atoms with Crippen LogP contribution >= 0.6 is 11.3 Å². The van der Waals surface area contributed by atoms with Gasteiger partial charge in [0.05, 0.1) is 7.11 Å². The first-order chi connectivity index (χ1) is 5.57. The van der Waals surface area contributed by atoms with Gasteiger partial charge in [0.2, 0.25) is 0 Å². The van der Waals surface area contributed by atoms with Gasteiger partial charge in [-0.2, -0.15) is 0 Å². The average Bonchev–Trinajstić information content (AvgIpc) is 2.25. The molecule has 1 heterocycles. The predicted octanol–water partition coefficient (Wildman–Crippen LogP) is 1.35. The minimum atomic E-state index is -1.01. The average molecular weight is 187 g/mol. The van der Waals surface area contributed by atoms with Crippen molar-refractivity contribution < 1.29 is 14.6 Å². The third kappa shape index (κ3) is 1.23. The summed E-state index contributed by atoms with van der Waals surface area (Å²) in [5, 5.41) is 9.58. The highest BCUT2D eigenvalue weighted by Crippen LogP contribution is 2.36. The zero-order valence-electron chi connectivity index (χ0n) is 6.75. The Morgan fingerprint density at radius 1 is 1.67 bits per heavy atom. The molecule has 1 aromatic rings. The van der Waals surface area contributed by atoms with E-state index in [2.05, 4.69) is 0 Å². The Labute approximate surface area is 73.6 Å². The highest BCUT2D eigenvalue weighted by atomic mass is 32.1. The van der Waals surface area contributed by atoms with Crippen LogP contribution in [0.2, 0.25) is 0 Å². The molecule has 66 valence electrons. The SMILES string of the molecule is COc1sc(N)c(C(=O)O)c1C. The summed E-state index contributed by atoms with van der Waals surface area (Å²) in [6.45, 7) is 1.68. The molecule has 0 fully saturated rings. The van der Waals surface area contributed by atoms with Crippen molar-refractivity contribution in [1.82, 2.24) is 0 Å². The molecular formula is C7H9NO3S. The molecule has 0 saturated carbocycles. The molecule has 0 aliphatic heterocycles. The molecule has 0 radical (unpaired) electrons. The van der Waals surface area contributed by atoms with Gasteiger partial charge in [-0.15, -0.1) is 0 Å². The second kappa shape index (κ2) is 3.02. The molecule has 1 rings (SSSR count). The first kappa shape index (κ1) is 8.86. The molecular weight excluding hydrogens is 178 g/mol. The number of rotatable bonds is 2. The molecule has 0 amide bonds. The molecule has 12 heavy (non-hydrogen) atoms. The van der Waals surface area contributed by atoms with Gasteiger partial charge in [0.15, 0.2) is 5.06 Å². The predicted molar refractivity (Wildman–Crippen MR) is 47.0 cm³/mol. The first-order valence-electron chi connectivity index (χ1n) is 3.24. The summed E-state index contributed by atoms with van der Waals surface area (Å²) in [6.07, 6.45) is 0. The van der Waals surface area contributed by atoms with Crippen LogP contribution in [0.5, 0.6) is 5.06 Å². The fourth-order valence-electron chi connectivity index (χ4n) is 0.975. The Hall–Kier alpha value is -1.23. The third-order valence-electron chi connectivity index (χ3n) is 1.53. The number of aromatic carboxylic acids is 1. The highest BCUT2D eigenvalue weighted by molar-refractivity contribution is 7.18. The van der Waals surface area contributed by atoms with E-state index in [-0.39, 0.29) is 10.6 Å². The molecule has 4 nitrogen and oxygen atoms in total. The molecule has 0 aliphatic carbocycles. The van der Waals surface area contributed by atoms with E-state index in [1.807, 2.05) is 0 Å². The van der Waals surface area contributed by atoms with E-state index in [1.54, 1.807) is 6.92 Å². The number of hydrogen-bond acceptors (Lipinski definition) is 4. The number of thiophene rings is 1. The van der Waals surface area contributed by atoms with Crippen molar-refractivity contribution in [2.45, 2.75) is 6.92 Å². The fourth-order valence-corrected chi connectivity index (χ4v) is 1.86. The fraction of sp³-hybridized carbons (Fsp3) is 0.286. The zero-order valence-corrected chi connectivity index (χ0v) is 7.57. The number of carboxylic acids is 1. The minimum Gasteiger partial charge on any atom is -0.487 e. The van der Waals surface area contributed by atoms with Crippen LogP contribution in [0.4, 0.5) is 5.00 Å². The van der Waals surface area contributed by atoms with Gasteiger partial charge in [-0.1, -0.05) is 11.3 Å². The molecule has 3 N–H and O–H groups in total. The van der Waals surface area contributed by atoms with Gasteiger partial charge < -0.3 is 15.6 Å². The second-order valence-corrected chi connectivity index (χ2v) is 3.28. The number of carbonyl (C=O) groups is 1. The van der Waals surface area contributed by atoms with Crippen LogP contribution in [-0.4, -0.2) is 18.2 Å². The van der Waals surface area contributed by atoms with Gasteiger partial charge in [0, 0.05) is 5.56 Å². The number of nitrogens with two attached hydrogens (primary N) is 1. The molecule has 0 spiro atoms. The van der Waals surface area contributed by atoms with E-state index in [0.29, 0.717) is 10.6 Å². The number of nitrogen functional groups attached to an aromatic ring is 1. The lowest BCUT2D eigenvalue weighted by Gasteiger charge is -1.95. The molecule has 0 atom stereocenters. The smallest absolute Gasteiger partial charge is 0.339 e. The van der Waals surface area contributed by atoms with E-state index in [0.717, 1.165) is 11.3 Å². The summed E-state index contributed by atoms with van der Waals surface area (Å²) in [7, 11) is 1.49. The number of ether oxygens (including phenoxy) is 1. The lowest BCUT2D eigenvalue weighted by atomic mass is 10.2. The summed E-state index contributed by atoms with van der Waals surface area (Å²) in [4.78, 5) is 10.6. The summed E-state index contributed by atoms with van der Waals surface area (Å²) in [6, 6.07) is 0. The van der Waals surface area contributed by atoms with Crippen molar-refractivity contribution in [3.8, 4) is 5.06 Å². The van der Waals surface area contributed by atoms with Crippen molar-refractivity contribution in [3.05, 3.63) is 11.1 Å². The number of methoxy groups -OCH3 is 1. The molecule has 0 unspecified atom stereocenters. The number of carboxylic acid groups (broad SMARTS) is 1. The zero-order chi connectivity index (χ0) is 9.30. The van der Waals surface area contributed by atoms with Gasteiger partial charge in [-0.3, -0.25) is 0 Å². The van der Waals surface area contributed by atoms with Crippen LogP contribution in [0.3, 0.4) is 0 Å². The Kier molecular flexibility index (Phi) is 2.23. The maximum Gasteiger partial charge on any atom is 0.339 e. The van der Waals surface area contributed by atoms with E-state index in [4.69, 9.17) is 15.6 Å². The highest BCUT2D eigenvalue weighted by Gasteiger charge is 2.18. The van der Waals surface area contributed by atoms with Crippen molar-refractivity contribution in [1.29, 1.82) is 0 Å². The van der Waals surface area contributed by atoms with Crippen molar-refractivity contribution in [2.75, 3.05) is 12.8 Å². The third-order valence-corrected chi connectivity index (χ3v) is 2.61. The summed E-state index contributed by atoms with van der Waals surface area (Å²) in [5.41, 5.74) is 6.22. The Morgan fingerprint density at radius 3 is 2.50 bits per heavy atom. The normalized spacial score (nSPS) is 9.83. The number of anilines is 1. The second-order valence-electron chi connectivity index (χ2n) is 2.26. The van der Waals surface area contributed by atoms with Crippen LogP contribution in [0.15, 0.2) is 0 Å². The lowest BCUT2D eigenvalue weighted by molar-refractivity contribution is 0.0697. The summed E-state index contributed by atoms with van der Waals surface area (Å²) in [5.74, 6) is -1.01. The molecule has 5 heteroatoms. The van der Waals surface area contributed by atoms with Gasteiger partial charge in [-0.05, 0) is 6.92 Å². The summed E-state index contributed by atoms with van der Waals surface area (Å²) < 4.78 is 4.93. The van der Waals surface area contributed by atoms with E-state index in [1.165, 1.54) is 7.11 Å². The Morgan fingerprint density at radius 2 is 2.25 bits per heavy atom. The van der Waals surface area contributed by atoms with Gasteiger partial charge >= 0.3 is 5.97 Å². The summed E-state index contributed by atoms with van der Waals surface area (Å²) >= 11 is 1.14. The van der Waals surface area contributed by atoms with Crippen LogP contribution in [0.1, 0.15) is 15.9 Å². The van der Waals surface area contributed by atoms with E-state index < -0.39 is 5.97 Å². The van der Waals surface area contributed by atoms with Gasteiger partial charge in [0.25, 0.3) is 0 Å². The van der Waals surface area contributed by atoms with Crippen LogP contribution < -0.4 is 10.5 Å². The lowest BCUT2D eigenvalue weighted by Crippen LogP contribution is -2.00. The van der Waals surface area contributed by atoms with Crippen LogP contribution in [-0.2, 0) is 0 Å². The molecule has 0 saturated heterocycles. The molecule has 0 aliphatic rings. The van der Waals surface area contributed by atoms with Crippen molar-refractivity contribution in [3.63, 3.8) is 0 Å². The minimum absolute atomic E-state index is 0.150. The molecule has 1 aromatic heterocycles. The van der Waals surface area contributed by atoms with Gasteiger partial charge in [-0.25, -0.2) is 4.79 Å². The Bertz CT molecular complexity index is 319. The maximum absolute atomic E-state index is 10.6. The van der Waals surface area contributed by atoms with E-state index in [9.17, 15) is 4.79 Å². The number of hydrogen-bond donors (Lipinski definition) is 2. The molecule has 0 aromatic carbocycles. The monoisotopic (exact) mass is 187 g/mol. The van der Waals surface area contributed by atoms with Crippen molar-refractivity contribution >= 4 is 22.3 Å². The van der Waals surface area contributed by atoms with Crippen molar-refractivity contribution in [2.24, 2.45) is 0 Å². The van der Waals surface area contributed by atoms with Crippen LogP contribution in [0, 0.1) is 6.92 Å². The van der Waals surface area contributed by atoms with Crippen LogP contribution in [0.25, 0.3) is 0 Å².